The fraction of sp³-hybridized carbons (Fsp3) is 0.467. The largest absolute Gasteiger partial charge is 0.465 e. The molecule has 0 radical (unpaired) electrons. The summed E-state index contributed by atoms with van der Waals surface area (Å²) < 4.78 is 5.57. The van der Waals surface area contributed by atoms with Crippen LogP contribution in [-0.4, -0.2) is 19.0 Å². The molecule has 5 heteroatoms. The number of benzene rings is 1. The lowest BCUT2D eigenvalue weighted by Crippen LogP contribution is -2.36. The maximum Gasteiger partial charge on any atom is 0.338 e. The molecule has 110 valence electrons. The standard InChI is InChI=1S/C15H20BrNO3/c1-9(17-14(19)15(2,3)4)11-7-6-10(16)8-12(11)13(18)20-5/h6-9H,1-5H3,(H,17,19). The van der Waals surface area contributed by atoms with Crippen LogP contribution in [0.4, 0.5) is 0 Å². The molecule has 4 nitrogen and oxygen atoms in total. The zero-order valence-corrected chi connectivity index (χ0v) is 14.0. The van der Waals surface area contributed by atoms with Crippen molar-refractivity contribution in [3.8, 4) is 0 Å². The van der Waals surface area contributed by atoms with Gasteiger partial charge in [0.1, 0.15) is 0 Å². The molecule has 1 amide bonds. The summed E-state index contributed by atoms with van der Waals surface area (Å²) in [5.74, 6) is -0.484. The molecule has 0 heterocycles. The van der Waals surface area contributed by atoms with Crippen LogP contribution in [0.5, 0.6) is 0 Å². The number of amides is 1. The van der Waals surface area contributed by atoms with E-state index in [0.29, 0.717) is 5.56 Å². The molecule has 0 aliphatic carbocycles. The summed E-state index contributed by atoms with van der Waals surface area (Å²) >= 11 is 3.33. The van der Waals surface area contributed by atoms with Crippen LogP contribution in [0.3, 0.4) is 0 Å². The molecule has 20 heavy (non-hydrogen) atoms. The second-order valence-corrected chi connectivity index (χ2v) is 6.58. The first-order valence-electron chi connectivity index (χ1n) is 6.35. The van der Waals surface area contributed by atoms with Crippen LogP contribution in [0.15, 0.2) is 22.7 Å². The first kappa shape index (κ1) is 16.7. The highest BCUT2D eigenvalue weighted by Gasteiger charge is 2.25. The van der Waals surface area contributed by atoms with E-state index in [-0.39, 0.29) is 11.9 Å². The van der Waals surface area contributed by atoms with E-state index in [1.165, 1.54) is 7.11 Å². The summed E-state index contributed by atoms with van der Waals surface area (Å²) in [6, 6.07) is 5.07. The minimum atomic E-state index is -0.477. The van der Waals surface area contributed by atoms with Crippen molar-refractivity contribution in [3.05, 3.63) is 33.8 Å². The molecule has 1 rings (SSSR count). The number of esters is 1. The predicted octanol–water partition coefficient (Wildman–Crippen LogP) is 3.46. The van der Waals surface area contributed by atoms with Gasteiger partial charge in [-0.1, -0.05) is 42.8 Å². The predicted molar refractivity (Wildman–Crippen MR) is 81.5 cm³/mol. The van der Waals surface area contributed by atoms with E-state index < -0.39 is 11.4 Å². The number of carbonyl (C=O) groups excluding carboxylic acids is 2. The quantitative estimate of drug-likeness (QED) is 0.856. The van der Waals surface area contributed by atoms with Crippen molar-refractivity contribution in [3.63, 3.8) is 0 Å². The maximum atomic E-state index is 12.0. The second kappa shape index (κ2) is 6.39. The number of carbonyl (C=O) groups is 2. The van der Waals surface area contributed by atoms with E-state index >= 15 is 0 Å². The zero-order valence-electron chi connectivity index (χ0n) is 12.4. The Morgan fingerprint density at radius 3 is 2.40 bits per heavy atom. The van der Waals surface area contributed by atoms with Crippen molar-refractivity contribution in [2.24, 2.45) is 5.41 Å². The fourth-order valence-corrected chi connectivity index (χ4v) is 2.04. The first-order chi connectivity index (χ1) is 9.16. The summed E-state index contributed by atoms with van der Waals surface area (Å²) in [4.78, 5) is 23.8. The highest BCUT2D eigenvalue weighted by Crippen LogP contribution is 2.24. The van der Waals surface area contributed by atoms with Crippen LogP contribution in [0, 0.1) is 5.41 Å². The molecule has 0 fully saturated rings. The van der Waals surface area contributed by atoms with Crippen LogP contribution in [0.1, 0.15) is 49.7 Å². The summed E-state index contributed by atoms with van der Waals surface area (Å²) in [7, 11) is 1.34. The van der Waals surface area contributed by atoms with Crippen LogP contribution >= 0.6 is 15.9 Å². The molecule has 1 aromatic rings. The number of halogens is 1. The third-order valence-corrected chi connectivity index (χ3v) is 3.41. The van der Waals surface area contributed by atoms with Gasteiger partial charge in [-0.2, -0.15) is 0 Å². The van der Waals surface area contributed by atoms with Gasteiger partial charge in [0.15, 0.2) is 0 Å². The minimum Gasteiger partial charge on any atom is -0.465 e. The molecule has 1 N–H and O–H groups in total. The molecular weight excluding hydrogens is 322 g/mol. The molecule has 1 atom stereocenters. The second-order valence-electron chi connectivity index (χ2n) is 5.67. The van der Waals surface area contributed by atoms with Crippen LogP contribution in [-0.2, 0) is 9.53 Å². The molecular formula is C15H20BrNO3. The van der Waals surface area contributed by atoms with E-state index in [1.807, 2.05) is 39.8 Å². The van der Waals surface area contributed by atoms with Gasteiger partial charge in [0.2, 0.25) is 5.91 Å². The number of rotatable bonds is 3. The Bertz CT molecular complexity index is 520. The van der Waals surface area contributed by atoms with E-state index in [2.05, 4.69) is 21.2 Å². The molecule has 0 bridgehead atoms. The Morgan fingerprint density at radius 2 is 1.90 bits per heavy atom. The molecule has 0 aliphatic heterocycles. The fourth-order valence-electron chi connectivity index (χ4n) is 1.68. The van der Waals surface area contributed by atoms with Crippen LogP contribution < -0.4 is 5.32 Å². The summed E-state index contributed by atoms with van der Waals surface area (Å²) in [5, 5.41) is 2.91. The van der Waals surface area contributed by atoms with Crippen molar-refractivity contribution < 1.29 is 14.3 Å². The van der Waals surface area contributed by atoms with Crippen LogP contribution in [0.2, 0.25) is 0 Å². The SMILES string of the molecule is COC(=O)c1cc(Br)ccc1C(C)NC(=O)C(C)(C)C. The van der Waals surface area contributed by atoms with Crippen molar-refractivity contribution in [2.45, 2.75) is 33.7 Å². The van der Waals surface area contributed by atoms with Gasteiger partial charge in [-0.15, -0.1) is 0 Å². The monoisotopic (exact) mass is 341 g/mol. The minimum absolute atomic E-state index is 0.0660. The highest BCUT2D eigenvalue weighted by atomic mass is 79.9. The lowest BCUT2D eigenvalue weighted by atomic mass is 9.94. The number of methoxy groups -OCH3 is 1. The van der Waals surface area contributed by atoms with Crippen molar-refractivity contribution >= 4 is 27.8 Å². The Balaban J connectivity index is 3.07. The number of hydrogen-bond acceptors (Lipinski definition) is 3. The molecule has 1 unspecified atom stereocenters. The van der Waals surface area contributed by atoms with Crippen molar-refractivity contribution in [1.82, 2.24) is 5.32 Å². The zero-order chi connectivity index (χ0) is 15.5. The average Bonchev–Trinajstić information content (AvgIpc) is 2.36. The number of hydrogen-bond donors (Lipinski definition) is 1. The van der Waals surface area contributed by atoms with E-state index in [1.54, 1.807) is 6.07 Å². The smallest absolute Gasteiger partial charge is 0.338 e. The van der Waals surface area contributed by atoms with Gasteiger partial charge >= 0.3 is 5.97 Å². The van der Waals surface area contributed by atoms with Gasteiger partial charge in [0, 0.05) is 9.89 Å². The Kier molecular flexibility index (Phi) is 5.34. The lowest BCUT2D eigenvalue weighted by Gasteiger charge is -2.23. The number of nitrogens with one attached hydrogen (secondary N) is 1. The summed E-state index contributed by atoms with van der Waals surface area (Å²) in [5.41, 5.74) is 0.705. The maximum absolute atomic E-state index is 12.0. The lowest BCUT2D eigenvalue weighted by molar-refractivity contribution is -0.129. The highest BCUT2D eigenvalue weighted by molar-refractivity contribution is 9.10. The van der Waals surface area contributed by atoms with Gasteiger partial charge in [-0.25, -0.2) is 4.79 Å². The molecule has 1 aromatic carbocycles. The van der Waals surface area contributed by atoms with Gasteiger partial charge in [0.25, 0.3) is 0 Å². The normalized spacial score (nSPS) is 12.7. The third-order valence-electron chi connectivity index (χ3n) is 2.92. The van der Waals surface area contributed by atoms with Gasteiger partial charge in [-0.3, -0.25) is 4.79 Å². The Hall–Kier alpha value is -1.36. The summed E-state index contributed by atoms with van der Waals surface area (Å²) in [6.07, 6.45) is 0. The molecule has 0 saturated carbocycles. The Labute approximate surface area is 128 Å². The molecule has 0 spiro atoms. The third kappa shape index (κ3) is 4.07. The molecule has 0 aromatic heterocycles. The van der Waals surface area contributed by atoms with Crippen molar-refractivity contribution in [2.75, 3.05) is 7.11 Å². The van der Waals surface area contributed by atoms with Crippen LogP contribution in [0.25, 0.3) is 0 Å². The Morgan fingerprint density at radius 1 is 1.30 bits per heavy atom. The number of ether oxygens (including phenoxy) is 1. The van der Waals surface area contributed by atoms with E-state index in [0.717, 1.165) is 10.0 Å². The van der Waals surface area contributed by atoms with Gasteiger partial charge in [0.05, 0.1) is 18.7 Å². The van der Waals surface area contributed by atoms with E-state index in [9.17, 15) is 9.59 Å². The first-order valence-corrected chi connectivity index (χ1v) is 7.15. The van der Waals surface area contributed by atoms with Gasteiger partial charge in [-0.05, 0) is 24.6 Å². The molecule has 0 saturated heterocycles. The molecule has 0 aliphatic rings. The average molecular weight is 342 g/mol. The van der Waals surface area contributed by atoms with E-state index in [4.69, 9.17) is 4.74 Å². The van der Waals surface area contributed by atoms with Crippen molar-refractivity contribution in [1.29, 1.82) is 0 Å². The topological polar surface area (TPSA) is 55.4 Å². The summed E-state index contributed by atoms with van der Waals surface area (Å²) in [6.45, 7) is 7.38. The van der Waals surface area contributed by atoms with Gasteiger partial charge < -0.3 is 10.1 Å².